The van der Waals surface area contributed by atoms with Crippen molar-refractivity contribution in [3.05, 3.63) is 53.1 Å². The first-order valence-electron chi connectivity index (χ1n) is 6.27. The lowest BCUT2D eigenvalue weighted by molar-refractivity contribution is -0.134. The molecule has 1 aromatic heterocycles. The zero-order valence-electron chi connectivity index (χ0n) is 11.6. The minimum Gasteiger partial charge on any atom is -0.466 e. The molecule has 0 bridgehead atoms. The summed E-state index contributed by atoms with van der Waals surface area (Å²) >= 11 is 5.82. The Morgan fingerprint density at radius 2 is 2.18 bits per heavy atom. The Morgan fingerprint density at radius 1 is 1.41 bits per heavy atom. The summed E-state index contributed by atoms with van der Waals surface area (Å²) in [5.41, 5.74) is 0.664. The molecule has 0 saturated heterocycles. The number of carbonyl (C=O) groups is 2. The van der Waals surface area contributed by atoms with E-state index in [2.05, 4.69) is 15.0 Å². The predicted octanol–water partition coefficient (Wildman–Crippen LogP) is 2.37. The van der Waals surface area contributed by atoms with Gasteiger partial charge in [-0.3, -0.25) is 9.78 Å². The molecule has 2 aromatic rings. The Kier molecular flexibility index (Phi) is 5.06. The van der Waals surface area contributed by atoms with Gasteiger partial charge in [-0.25, -0.2) is 9.18 Å². The van der Waals surface area contributed by atoms with Crippen LogP contribution >= 0.6 is 11.6 Å². The van der Waals surface area contributed by atoms with E-state index in [1.807, 2.05) is 0 Å². The molecular formula is C15H12ClFN2O3. The molecule has 2 rings (SSSR count). The molecule has 0 aliphatic heterocycles. The summed E-state index contributed by atoms with van der Waals surface area (Å²) < 4.78 is 18.3. The van der Waals surface area contributed by atoms with Crippen molar-refractivity contribution in [2.75, 3.05) is 7.11 Å². The summed E-state index contributed by atoms with van der Waals surface area (Å²) in [6, 6.07) is 4.46. The third-order valence-electron chi connectivity index (χ3n) is 2.79. The zero-order valence-corrected chi connectivity index (χ0v) is 12.4. The number of aromatic nitrogens is 1. The Morgan fingerprint density at radius 3 is 2.91 bits per heavy atom. The molecular weight excluding hydrogens is 311 g/mol. The molecule has 1 heterocycles. The predicted molar refractivity (Wildman–Crippen MR) is 79.7 cm³/mol. The quantitative estimate of drug-likeness (QED) is 0.693. The highest BCUT2D eigenvalue weighted by Gasteiger charge is 2.09. The van der Waals surface area contributed by atoms with Crippen LogP contribution in [0, 0.1) is 5.82 Å². The van der Waals surface area contributed by atoms with E-state index in [4.69, 9.17) is 11.6 Å². The van der Waals surface area contributed by atoms with Gasteiger partial charge in [0.05, 0.1) is 18.6 Å². The number of hydrogen-bond acceptors (Lipinski definition) is 4. The minimum atomic E-state index is -0.585. The Hall–Kier alpha value is -2.47. The number of nitrogens with one attached hydrogen (secondary N) is 1. The van der Waals surface area contributed by atoms with Gasteiger partial charge in [0.25, 0.3) is 0 Å². The highest BCUT2D eigenvalue weighted by Crippen LogP contribution is 2.21. The van der Waals surface area contributed by atoms with E-state index >= 15 is 0 Å². The van der Waals surface area contributed by atoms with Gasteiger partial charge in [0, 0.05) is 23.9 Å². The van der Waals surface area contributed by atoms with Gasteiger partial charge in [0.2, 0.25) is 5.91 Å². The SMILES string of the molecule is COC(=O)/C=C/NC(=O)Cc1cc(F)c2ncc(Cl)cc2c1. The summed E-state index contributed by atoms with van der Waals surface area (Å²) in [7, 11) is 1.23. The molecule has 1 N–H and O–H groups in total. The number of fused-ring (bicyclic) bond motifs is 1. The zero-order chi connectivity index (χ0) is 16.1. The minimum absolute atomic E-state index is 0.0507. The Bertz CT molecular complexity index is 762. The second-order valence-corrected chi connectivity index (χ2v) is 4.84. The number of methoxy groups -OCH3 is 1. The van der Waals surface area contributed by atoms with Crippen molar-refractivity contribution in [2.24, 2.45) is 0 Å². The van der Waals surface area contributed by atoms with Crippen molar-refractivity contribution in [3.63, 3.8) is 0 Å². The van der Waals surface area contributed by atoms with Gasteiger partial charge >= 0.3 is 5.97 Å². The third kappa shape index (κ3) is 4.02. The van der Waals surface area contributed by atoms with Gasteiger partial charge in [0.1, 0.15) is 11.3 Å². The normalized spacial score (nSPS) is 10.9. The molecule has 1 aromatic carbocycles. The van der Waals surface area contributed by atoms with E-state index in [1.165, 1.54) is 25.6 Å². The number of halogens is 2. The van der Waals surface area contributed by atoms with Crippen molar-refractivity contribution < 1.29 is 18.7 Å². The molecule has 22 heavy (non-hydrogen) atoms. The van der Waals surface area contributed by atoms with Gasteiger partial charge in [-0.1, -0.05) is 11.6 Å². The Labute approximate surface area is 130 Å². The van der Waals surface area contributed by atoms with E-state index in [9.17, 15) is 14.0 Å². The molecule has 0 spiro atoms. The van der Waals surface area contributed by atoms with Crippen molar-refractivity contribution in [2.45, 2.75) is 6.42 Å². The standard InChI is InChI=1S/C15H12ClFN2O3/c1-22-14(21)2-3-18-13(20)6-9-4-10-7-11(16)8-19-15(10)12(17)5-9/h2-5,7-8H,6H2,1H3,(H,18,20)/b3-2+. The van der Waals surface area contributed by atoms with Crippen molar-refractivity contribution in [3.8, 4) is 0 Å². The number of hydrogen-bond donors (Lipinski definition) is 1. The van der Waals surface area contributed by atoms with Crippen LogP contribution in [0.25, 0.3) is 10.9 Å². The number of ether oxygens (including phenoxy) is 1. The van der Waals surface area contributed by atoms with Gasteiger partial charge in [-0.2, -0.15) is 0 Å². The fraction of sp³-hybridized carbons (Fsp3) is 0.133. The van der Waals surface area contributed by atoms with Crippen LogP contribution in [-0.4, -0.2) is 24.0 Å². The number of esters is 1. The topological polar surface area (TPSA) is 68.3 Å². The van der Waals surface area contributed by atoms with Gasteiger partial charge in [-0.15, -0.1) is 0 Å². The summed E-state index contributed by atoms with van der Waals surface area (Å²) in [6.07, 6.45) is 3.55. The Balaban J connectivity index is 2.12. The first kappa shape index (κ1) is 15.9. The average Bonchev–Trinajstić information content (AvgIpc) is 2.46. The molecule has 0 aliphatic carbocycles. The maximum Gasteiger partial charge on any atom is 0.331 e. The van der Waals surface area contributed by atoms with E-state index in [-0.39, 0.29) is 11.9 Å². The average molecular weight is 323 g/mol. The van der Waals surface area contributed by atoms with Crippen LogP contribution in [0.15, 0.2) is 36.7 Å². The molecule has 0 atom stereocenters. The molecule has 0 unspecified atom stereocenters. The number of carbonyl (C=O) groups excluding carboxylic acids is 2. The monoisotopic (exact) mass is 322 g/mol. The second kappa shape index (κ2) is 7.00. The number of pyridine rings is 1. The maximum absolute atomic E-state index is 13.9. The number of nitrogens with zero attached hydrogens (tertiary/aromatic N) is 1. The summed E-state index contributed by atoms with van der Waals surface area (Å²) in [5, 5.41) is 3.29. The molecule has 0 aliphatic rings. The molecule has 0 radical (unpaired) electrons. The van der Waals surface area contributed by atoms with Crippen LogP contribution in [0.5, 0.6) is 0 Å². The van der Waals surface area contributed by atoms with Crippen LogP contribution in [0.2, 0.25) is 5.02 Å². The van der Waals surface area contributed by atoms with Gasteiger partial charge < -0.3 is 10.1 Å². The van der Waals surface area contributed by atoms with Crippen LogP contribution < -0.4 is 5.32 Å². The van der Waals surface area contributed by atoms with Crippen LogP contribution in [0.1, 0.15) is 5.56 Å². The third-order valence-corrected chi connectivity index (χ3v) is 3.00. The lowest BCUT2D eigenvalue weighted by Crippen LogP contribution is -2.19. The second-order valence-electron chi connectivity index (χ2n) is 4.40. The van der Waals surface area contributed by atoms with Crippen LogP contribution in [0.3, 0.4) is 0 Å². The number of benzene rings is 1. The van der Waals surface area contributed by atoms with Crippen molar-refractivity contribution in [1.82, 2.24) is 10.3 Å². The molecule has 5 nitrogen and oxygen atoms in total. The van der Waals surface area contributed by atoms with Crippen LogP contribution in [-0.2, 0) is 20.7 Å². The first-order chi connectivity index (χ1) is 10.5. The molecule has 0 saturated carbocycles. The summed E-state index contributed by atoms with van der Waals surface area (Å²) in [5.74, 6) is -1.51. The highest BCUT2D eigenvalue weighted by atomic mass is 35.5. The van der Waals surface area contributed by atoms with Crippen LogP contribution in [0.4, 0.5) is 4.39 Å². The fourth-order valence-electron chi connectivity index (χ4n) is 1.85. The lowest BCUT2D eigenvalue weighted by Gasteiger charge is -2.05. The fourth-order valence-corrected chi connectivity index (χ4v) is 2.01. The summed E-state index contributed by atoms with van der Waals surface area (Å²) in [6.45, 7) is 0. The smallest absolute Gasteiger partial charge is 0.331 e. The van der Waals surface area contributed by atoms with Gasteiger partial charge in [0.15, 0.2) is 0 Å². The molecule has 114 valence electrons. The molecule has 0 fully saturated rings. The van der Waals surface area contributed by atoms with E-state index in [0.717, 1.165) is 6.08 Å². The van der Waals surface area contributed by atoms with E-state index in [1.54, 1.807) is 12.1 Å². The van der Waals surface area contributed by atoms with Gasteiger partial charge in [-0.05, 0) is 23.8 Å². The molecule has 1 amide bonds. The summed E-state index contributed by atoms with van der Waals surface area (Å²) in [4.78, 5) is 26.5. The number of rotatable bonds is 4. The largest absolute Gasteiger partial charge is 0.466 e. The van der Waals surface area contributed by atoms with Crippen molar-refractivity contribution in [1.29, 1.82) is 0 Å². The lowest BCUT2D eigenvalue weighted by atomic mass is 10.1. The first-order valence-corrected chi connectivity index (χ1v) is 6.65. The van der Waals surface area contributed by atoms with E-state index in [0.29, 0.717) is 16.0 Å². The highest BCUT2D eigenvalue weighted by molar-refractivity contribution is 6.31. The van der Waals surface area contributed by atoms with E-state index < -0.39 is 17.7 Å². The maximum atomic E-state index is 13.9. The number of amides is 1. The molecule has 7 heteroatoms. The van der Waals surface area contributed by atoms with Crippen molar-refractivity contribution >= 4 is 34.4 Å².